The lowest BCUT2D eigenvalue weighted by Crippen LogP contribution is -1.97. The van der Waals surface area contributed by atoms with E-state index < -0.39 is 0 Å². The van der Waals surface area contributed by atoms with Gasteiger partial charge in [0.05, 0.1) is 0 Å². The van der Waals surface area contributed by atoms with E-state index in [0.29, 0.717) is 0 Å². The van der Waals surface area contributed by atoms with Gasteiger partial charge in [-0.15, -0.1) is 0 Å². The molecule has 0 aromatic heterocycles. The molecule has 0 aliphatic carbocycles. The largest absolute Gasteiger partial charge is 0.330 e. The molecular formula is C29H61N. The van der Waals surface area contributed by atoms with Crippen LogP contribution in [0.4, 0.5) is 0 Å². The van der Waals surface area contributed by atoms with E-state index in [2.05, 4.69) is 6.92 Å². The summed E-state index contributed by atoms with van der Waals surface area (Å²) >= 11 is 0. The maximum Gasteiger partial charge on any atom is -0.00773 e. The van der Waals surface area contributed by atoms with E-state index in [-0.39, 0.29) is 0 Å². The van der Waals surface area contributed by atoms with Gasteiger partial charge in [0.1, 0.15) is 0 Å². The molecule has 2 N–H and O–H groups in total. The lowest BCUT2D eigenvalue weighted by atomic mass is 10.0. The molecule has 30 heavy (non-hydrogen) atoms. The SMILES string of the molecule is CCCCCCCCCCCCCCCCCCCCCCCCCCCCCN. The molecule has 0 aromatic rings. The van der Waals surface area contributed by atoms with Crippen LogP contribution in [0.1, 0.15) is 180 Å². The first kappa shape index (κ1) is 30.0. The summed E-state index contributed by atoms with van der Waals surface area (Å²) in [6.45, 7) is 3.18. The van der Waals surface area contributed by atoms with Crippen LogP contribution in [0.5, 0.6) is 0 Å². The van der Waals surface area contributed by atoms with Gasteiger partial charge in [-0.3, -0.25) is 0 Å². The van der Waals surface area contributed by atoms with Crippen molar-refractivity contribution in [2.24, 2.45) is 5.73 Å². The van der Waals surface area contributed by atoms with Crippen LogP contribution in [-0.4, -0.2) is 6.54 Å². The lowest BCUT2D eigenvalue weighted by molar-refractivity contribution is 0.515. The average Bonchev–Trinajstić information content (AvgIpc) is 2.76. The maximum atomic E-state index is 5.53. The van der Waals surface area contributed by atoms with Crippen molar-refractivity contribution in [3.63, 3.8) is 0 Å². The summed E-state index contributed by atoms with van der Waals surface area (Å²) in [5, 5.41) is 0. The van der Waals surface area contributed by atoms with E-state index in [1.807, 2.05) is 0 Å². The van der Waals surface area contributed by atoms with Gasteiger partial charge in [-0.2, -0.15) is 0 Å². The van der Waals surface area contributed by atoms with Gasteiger partial charge >= 0.3 is 0 Å². The van der Waals surface area contributed by atoms with Gasteiger partial charge < -0.3 is 5.73 Å². The molecule has 0 saturated heterocycles. The molecule has 0 fully saturated rings. The normalized spacial score (nSPS) is 11.4. The molecule has 0 heterocycles. The third-order valence-corrected chi connectivity index (χ3v) is 6.81. The predicted octanol–water partition coefficient (Wildman–Crippen LogP) is 10.5. The summed E-state index contributed by atoms with van der Waals surface area (Å²) in [6, 6.07) is 0. The maximum absolute atomic E-state index is 5.53. The highest BCUT2D eigenvalue weighted by Gasteiger charge is 1.96. The first-order chi connectivity index (χ1) is 14.9. The van der Waals surface area contributed by atoms with Crippen LogP contribution in [0.3, 0.4) is 0 Å². The molecule has 0 saturated carbocycles. The van der Waals surface area contributed by atoms with E-state index in [9.17, 15) is 0 Å². The molecule has 0 aliphatic heterocycles. The summed E-state index contributed by atoms with van der Waals surface area (Å²) in [5.41, 5.74) is 5.53. The van der Waals surface area contributed by atoms with Crippen molar-refractivity contribution in [1.82, 2.24) is 0 Å². The molecule has 0 unspecified atom stereocenters. The molecule has 0 aliphatic rings. The van der Waals surface area contributed by atoms with Crippen LogP contribution in [0.2, 0.25) is 0 Å². The first-order valence-corrected chi connectivity index (χ1v) is 14.6. The Morgan fingerprint density at radius 2 is 0.433 bits per heavy atom. The second-order valence-corrected chi connectivity index (χ2v) is 9.98. The summed E-state index contributed by atoms with van der Waals surface area (Å²) in [4.78, 5) is 0. The summed E-state index contributed by atoms with van der Waals surface area (Å²) < 4.78 is 0. The number of rotatable bonds is 27. The van der Waals surface area contributed by atoms with E-state index >= 15 is 0 Å². The summed E-state index contributed by atoms with van der Waals surface area (Å²) in [7, 11) is 0. The van der Waals surface area contributed by atoms with E-state index in [0.717, 1.165) is 6.54 Å². The van der Waals surface area contributed by atoms with Crippen LogP contribution >= 0.6 is 0 Å². The molecule has 0 spiro atoms. The molecule has 0 rings (SSSR count). The predicted molar refractivity (Wildman–Crippen MR) is 139 cm³/mol. The van der Waals surface area contributed by atoms with Gasteiger partial charge in [-0.25, -0.2) is 0 Å². The zero-order valence-electron chi connectivity index (χ0n) is 21.4. The Morgan fingerprint density at radius 1 is 0.267 bits per heavy atom. The van der Waals surface area contributed by atoms with Gasteiger partial charge in [0.2, 0.25) is 0 Å². The minimum Gasteiger partial charge on any atom is -0.330 e. The molecule has 1 nitrogen and oxygen atoms in total. The number of hydrogen-bond acceptors (Lipinski definition) is 1. The van der Waals surface area contributed by atoms with Crippen molar-refractivity contribution in [1.29, 1.82) is 0 Å². The smallest absolute Gasteiger partial charge is 0.00773 e. The van der Waals surface area contributed by atoms with Gasteiger partial charge in [-0.05, 0) is 13.0 Å². The number of hydrogen-bond donors (Lipinski definition) is 1. The van der Waals surface area contributed by atoms with Crippen molar-refractivity contribution >= 4 is 0 Å². The fraction of sp³-hybridized carbons (Fsp3) is 1.00. The third-order valence-electron chi connectivity index (χ3n) is 6.81. The fourth-order valence-corrected chi connectivity index (χ4v) is 4.64. The van der Waals surface area contributed by atoms with Crippen molar-refractivity contribution in [2.75, 3.05) is 6.54 Å². The minimum atomic E-state index is 0.874. The highest BCUT2D eigenvalue weighted by molar-refractivity contribution is 4.52. The van der Waals surface area contributed by atoms with Crippen LogP contribution in [0.25, 0.3) is 0 Å². The summed E-state index contributed by atoms with van der Waals surface area (Å²) in [5.74, 6) is 0. The van der Waals surface area contributed by atoms with Crippen LogP contribution in [0, 0.1) is 0 Å². The molecular weight excluding hydrogens is 362 g/mol. The zero-order chi connectivity index (χ0) is 21.8. The summed E-state index contributed by atoms with van der Waals surface area (Å²) in [6.07, 6.45) is 39.3. The molecule has 182 valence electrons. The molecule has 1 heteroatoms. The van der Waals surface area contributed by atoms with Crippen molar-refractivity contribution in [3.8, 4) is 0 Å². The molecule has 0 aromatic carbocycles. The topological polar surface area (TPSA) is 26.0 Å². The minimum absolute atomic E-state index is 0.874. The molecule has 0 amide bonds. The fourth-order valence-electron chi connectivity index (χ4n) is 4.64. The Balaban J connectivity index is 2.97. The van der Waals surface area contributed by atoms with E-state index in [1.165, 1.54) is 173 Å². The third kappa shape index (κ3) is 28.0. The zero-order valence-corrected chi connectivity index (χ0v) is 21.4. The Bertz CT molecular complexity index is 248. The van der Waals surface area contributed by atoms with Crippen molar-refractivity contribution in [3.05, 3.63) is 0 Å². The average molecular weight is 424 g/mol. The van der Waals surface area contributed by atoms with Crippen LogP contribution in [-0.2, 0) is 0 Å². The Labute approximate surface area is 192 Å². The highest BCUT2D eigenvalue weighted by atomic mass is 14.5. The van der Waals surface area contributed by atoms with Crippen molar-refractivity contribution in [2.45, 2.75) is 180 Å². The van der Waals surface area contributed by atoms with E-state index in [4.69, 9.17) is 5.73 Å². The van der Waals surface area contributed by atoms with Crippen LogP contribution < -0.4 is 5.73 Å². The second-order valence-electron chi connectivity index (χ2n) is 9.98. The van der Waals surface area contributed by atoms with Gasteiger partial charge in [0.25, 0.3) is 0 Å². The Kier molecular flexibility index (Phi) is 28.9. The van der Waals surface area contributed by atoms with Gasteiger partial charge in [-0.1, -0.05) is 174 Å². The number of unbranched alkanes of at least 4 members (excludes halogenated alkanes) is 26. The van der Waals surface area contributed by atoms with Crippen LogP contribution in [0.15, 0.2) is 0 Å². The Morgan fingerprint density at radius 3 is 0.600 bits per heavy atom. The van der Waals surface area contributed by atoms with Gasteiger partial charge in [0.15, 0.2) is 0 Å². The first-order valence-electron chi connectivity index (χ1n) is 14.6. The quantitative estimate of drug-likeness (QED) is 0.131. The molecule has 0 atom stereocenters. The lowest BCUT2D eigenvalue weighted by Gasteiger charge is -2.04. The number of nitrogens with two attached hydrogens (primary N) is 1. The standard InChI is InChI=1S/C29H61N/c1-2-3-4-5-6-7-8-9-10-11-12-13-14-15-16-17-18-19-20-21-22-23-24-25-26-27-28-29-30/h2-30H2,1H3. The highest BCUT2D eigenvalue weighted by Crippen LogP contribution is 2.16. The second kappa shape index (κ2) is 29.0. The monoisotopic (exact) mass is 423 g/mol. The molecule has 0 bridgehead atoms. The Hall–Kier alpha value is -0.0400. The van der Waals surface area contributed by atoms with E-state index in [1.54, 1.807) is 0 Å². The molecule has 0 radical (unpaired) electrons. The van der Waals surface area contributed by atoms with Gasteiger partial charge in [0, 0.05) is 0 Å². The van der Waals surface area contributed by atoms with Crippen molar-refractivity contribution < 1.29 is 0 Å².